The van der Waals surface area contributed by atoms with Gasteiger partial charge in [-0.15, -0.1) is 0 Å². The number of aliphatic imine (C=N–C) groups is 1. The van der Waals surface area contributed by atoms with Crippen LogP contribution in [0.2, 0.25) is 0 Å². The van der Waals surface area contributed by atoms with Crippen molar-refractivity contribution in [1.29, 1.82) is 5.41 Å². The fourth-order valence-corrected chi connectivity index (χ4v) is 6.26. The highest BCUT2D eigenvalue weighted by atomic mass is 32.2. The Labute approximate surface area is 238 Å². The molecule has 0 atom stereocenters. The number of amidine groups is 2. The SMILES string of the molecule is N=C1/C(=C/c2cccc(OCCOc3ccc(C4CCCCC4)cc3)c2)C(=O)N=C2SC=C(c3ccccc3)N12. The number of fused-ring (bicyclic) bond motifs is 1. The van der Waals surface area contributed by atoms with Gasteiger partial charge in [0.15, 0.2) is 5.17 Å². The van der Waals surface area contributed by atoms with E-state index in [1.807, 2.05) is 60.0 Å². The Morgan fingerprint density at radius 3 is 2.42 bits per heavy atom. The highest BCUT2D eigenvalue weighted by Gasteiger charge is 2.36. The van der Waals surface area contributed by atoms with E-state index in [0.29, 0.717) is 30.0 Å². The summed E-state index contributed by atoms with van der Waals surface area (Å²) >= 11 is 1.36. The molecular weight excluding hydrogens is 518 g/mol. The Kier molecular flexibility index (Phi) is 7.82. The summed E-state index contributed by atoms with van der Waals surface area (Å²) in [5, 5.41) is 11.3. The molecule has 2 aliphatic heterocycles. The first-order chi connectivity index (χ1) is 19.7. The van der Waals surface area contributed by atoms with E-state index in [9.17, 15) is 4.79 Å². The van der Waals surface area contributed by atoms with Gasteiger partial charge in [0.2, 0.25) is 0 Å². The van der Waals surface area contributed by atoms with Gasteiger partial charge in [0, 0.05) is 5.41 Å². The van der Waals surface area contributed by atoms with Crippen molar-refractivity contribution in [1.82, 2.24) is 4.90 Å². The topological polar surface area (TPSA) is 75.0 Å². The first-order valence-corrected chi connectivity index (χ1v) is 14.7. The lowest BCUT2D eigenvalue weighted by Crippen LogP contribution is -2.38. The van der Waals surface area contributed by atoms with Crippen molar-refractivity contribution in [2.75, 3.05) is 13.2 Å². The molecule has 1 N–H and O–H groups in total. The summed E-state index contributed by atoms with van der Waals surface area (Å²) in [5.41, 5.74) is 4.23. The number of hydrogen-bond donors (Lipinski definition) is 1. The normalized spacial score (nSPS) is 18.4. The Balaban J connectivity index is 1.07. The third-order valence-electron chi connectivity index (χ3n) is 7.43. The van der Waals surface area contributed by atoms with Gasteiger partial charge in [-0.2, -0.15) is 4.99 Å². The van der Waals surface area contributed by atoms with Crippen LogP contribution in [0.15, 0.2) is 94.8 Å². The zero-order chi connectivity index (χ0) is 27.3. The Morgan fingerprint density at radius 1 is 0.900 bits per heavy atom. The number of amides is 1. The van der Waals surface area contributed by atoms with Crippen molar-refractivity contribution in [3.63, 3.8) is 0 Å². The van der Waals surface area contributed by atoms with Gasteiger partial charge >= 0.3 is 0 Å². The summed E-state index contributed by atoms with van der Waals surface area (Å²) in [4.78, 5) is 18.8. The molecule has 0 aromatic heterocycles. The van der Waals surface area contributed by atoms with Crippen LogP contribution in [0.4, 0.5) is 0 Å². The Morgan fingerprint density at radius 2 is 1.65 bits per heavy atom. The lowest BCUT2D eigenvalue weighted by Gasteiger charge is -2.26. The van der Waals surface area contributed by atoms with Crippen LogP contribution in [0.25, 0.3) is 11.8 Å². The lowest BCUT2D eigenvalue weighted by atomic mass is 9.84. The summed E-state index contributed by atoms with van der Waals surface area (Å²) in [6.45, 7) is 0.818. The molecule has 2 heterocycles. The zero-order valence-corrected chi connectivity index (χ0v) is 23.0. The average molecular weight is 550 g/mol. The number of nitrogens with one attached hydrogen (secondary N) is 1. The first-order valence-electron chi connectivity index (χ1n) is 13.8. The number of nitrogens with zero attached hydrogens (tertiary/aromatic N) is 2. The van der Waals surface area contributed by atoms with E-state index in [0.717, 1.165) is 22.6 Å². The van der Waals surface area contributed by atoms with Crippen LogP contribution in [-0.2, 0) is 4.79 Å². The van der Waals surface area contributed by atoms with Crippen LogP contribution < -0.4 is 9.47 Å². The van der Waals surface area contributed by atoms with Crippen molar-refractivity contribution in [3.8, 4) is 11.5 Å². The van der Waals surface area contributed by atoms with Gasteiger partial charge in [-0.25, -0.2) is 0 Å². The quantitative estimate of drug-likeness (QED) is 0.233. The van der Waals surface area contributed by atoms with Crippen LogP contribution in [0.5, 0.6) is 11.5 Å². The van der Waals surface area contributed by atoms with Crippen LogP contribution in [0.1, 0.15) is 54.7 Å². The number of carbonyl (C=O) groups excluding carboxylic acids is 1. The van der Waals surface area contributed by atoms with Gasteiger partial charge in [0.1, 0.15) is 30.5 Å². The van der Waals surface area contributed by atoms with Crippen LogP contribution in [-0.4, -0.2) is 35.0 Å². The fraction of sp³-hybridized carbons (Fsp3) is 0.242. The molecule has 1 aliphatic carbocycles. The minimum Gasteiger partial charge on any atom is -0.490 e. The molecule has 0 saturated heterocycles. The largest absolute Gasteiger partial charge is 0.490 e. The maximum Gasteiger partial charge on any atom is 0.283 e. The molecule has 202 valence electrons. The molecule has 0 spiro atoms. The standard InChI is InChI=1S/C33H31N3O3S/c34-31-29(32(37)35-33-36(31)30(22-40-33)26-11-5-2-6-12-26)21-23-8-7-13-28(20-23)39-19-18-38-27-16-14-25(15-17-27)24-9-3-1-4-10-24/h2,5-8,11-17,20-22,24,34H,1,3-4,9-10,18-19H2/b29-21-,34-31?. The number of benzene rings is 3. The van der Waals surface area contributed by atoms with Gasteiger partial charge in [0.25, 0.3) is 5.91 Å². The highest BCUT2D eigenvalue weighted by molar-refractivity contribution is 8.17. The third-order valence-corrected chi connectivity index (χ3v) is 8.26. The van der Waals surface area contributed by atoms with Gasteiger partial charge in [-0.05, 0) is 65.8 Å². The molecule has 6 rings (SSSR count). The Hall–Kier alpha value is -4.10. The number of hydrogen-bond acceptors (Lipinski definition) is 5. The smallest absolute Gasteiger partial charge is 0.283 e. The molecular formula is C33H31N3O3S. The van der Waals surface area contributed by atoms with Crippen LogP contribution in [0.3, 0.4) is 0 Å². The number of carbonyl (C=O) groups is 1. The predicted molar refractivity (Wildman–Crippen MR) is 162 cm³/mol. The second-order valence-corrected chi connectivity index (χ2v) is 10.9. The lowest BCUT2D eigenvalue weighted by molar-refractivity contribution is -0.114. The average Bonchev–Trinajstić information content (AvgIpc) is 3.43. The molecule has 0 radical (unpaired) electrons. The second kappa shape index (κ2) is 12.0. The highest BCUT2D eigenvalue weighted by Crippen LogP contribution is 2.37. The summed E-state index contributed by atoms with van der Waals surface area (Å²) in [7, 11) is 0. The van der Waals surface area contributed by atoms with E-state index in [1.165, 1.54) is 49.4 Å². The predicted octanol–water partition coefficient (Wildman–Crippen LogP) is 7.50. The van der Waals surface area contributed by atoms with Crippen molar-refractivity contribution in [2.24, 2.45) is 4.99 Å². The molecule has 7 heteroatoms. The van der Waals surface area contributed by atoms with Crippen molar-refractivity contribution in [2.45, 2.75) is 38.0 Å². The third kappa shape index (κ3) is 5.75. The minimum absolute atomic E-state index is 0.115. The Bertz CT molecular complexity index is 1490. The van der Waals surface area contributed by atoms with E-state index in [2.05, 4.69) is 29.3 Å². The van der Waals surface area contributed by atoms with Gasteiger partial charge in [-0.3, -0.25) is 15.1 Å². The van der Waals surface area contributed by atoms with E-state index in [-0.39, 0.29) is 11.4 Å². The summed E-state index contributed by atoms with van der Waals surface area (Å²) in [6.07, 6.45) is 8.30. The molecule has 40 heavy (non-hydrogen) atoms. The molecule has 1 saturated carbocycles. The molecule has 0 unspecified atom stereocenters. The molecule has 6 nitrogen and oxygen atoms in total. The molecule has 1 amide bonds. The summed E-state index contributed by atoms with van der Waals surface area (Å²) in [5.74, 6) is 1.91. The minimum atomic E-state index is -0.416. The molecule has 3 aliphatic rings. The fourth-order valence-electron chi connectivity index (χ4n) is 5.37. The monoisotopic (exact) mass is 549 g/mol. The molecule has 3 aromatic carbocycles. The van der Waals surface area contributed by atoms with E-state index >= 15 is 0 Å². The zero-order valence-electron chi connectivity index (χ0n) is 22.2. The molecule has 0 bridgehead atoms. The van der Waals surface area contributed by atoms with E-state index in [1.54, 1.807) is 11.0 Å². The van der Waals surface area contributed by atoms with Gasteiger partial charge < -0.3 is 9.47 Å². The maximum atomic E-state index is 12.8. The number of ether oxygens (including phenoxy) is 2. The van der Waals surface area contributed by atoms with Crippen molar-refractivity contribution >= 4 is 40.4 Å². The van der Waals surface area contributed by atoms with E-state index < -0.39 is 5.91 Å². The van der Waals surface area contributed by atoms with E-state index in [4.69, 9.17) is 14.9 Å². The number of rotatable bonds is 8. The second-order valence-electron chi connectivity index (χ2n) is 10.1. The van der Waals surface area contributed by atoms with Gasteiger partial charge in [-0.1, -0.05) is 85.6 Å². The maximum absolute atomic E-state index is 12.8. The van der Waals surface area contributed by atoms with Crippen molar-refractivity contribution < 1.29 is 14.3 Å². The van der Waals surface area contributed by atoms with Crippen molar-refractivity contribution in [3.05, 3.63) is 107 Å². The summed E-state index contributed by atoms with van der Waals surface area (Å²) in [6, 6.07) is 25.8. The number of thioether (sulfide) groups is 1. The van der Waals surface area contributed by atoms with Crippen LogP contribution >= 0.6 is 11.8 Å². The van der Waals surface area contributed by atoms with Gasteiger partial charge in [0.05, 0.1) is 11.3 Å². The molecule has 1 fully saturated rings. The summed E-state index contributed by atoms with van der Waals surface area (Å²) < 4.78 is 11.8. The molecule has 3 aromatic rings. The first kappa shape index (κ1) is 26.1. The van der Waals surface area contributed by atoms with Crippen LogP contribution in [0, 0.1) is 5.41 Å².